The summed E-state index contributed by atoms with van der Waals surface area (Å²) >= 11 is 0. The van der Waals surface area contributed by atoms with E-state index in [2.05, 4.69) is 74.1 Å². The Morgan fingerprint density at radius 2 is 1.36 bits per heavy atom. The van der Waals surface area contributed by atoms with Gasteiger partial charge >= 0.3 is 0 Å². The first-order valence-corrected chi connectivity index (χ1v) is 17.4. The van der Waals surface area contributed by atoms with Crippen molar-refractivity contribution >= 4 is 51.6 Å². The SMILES string of the molecule is C=C/C(=C\C=NC)c1c2nc(c(C(/C=C\NC)=C/C)c3ccc([nH]3)c(-c3ccncc3)c3nc(c(-c4ccncc4)c4ccc1[nH]4)[C@@H](C#N)[C@H]3C)C=C2. The number of aromatic nitrogens is 6. The van der Waals surface area contributed by atoms with Crippen molar-refractivity contribution in [2.24, 2.45) is 4.99 Å². The lowest BCUT2D eigenvalue weighted by molar-refractivity contribution is 0.724. The summed E-state index contributed by atoms with van der Waals surface area (Å²) in [5.41, 5.74) is 13.7. The minimum atomic E-state index is -0.531. The van der Waals surface area contributed by atoms with Gasteiger partial charge in [0, 0.05) is 95.3 Å². The van der Waals surface area contributed by atoms with Crippen LogP contribution in [0.5, 0.6) is 0 Å². The van der Waals surface area contributed by atoms with Crippen molar-refractivity contribution < 1.29 is 0 Å². The number of hydrogen-bond donors (Lipinski definition) is 3. The zero-order valence-corrected chi connectivity index (χ0v) is 30.1. The highest BCUT2D eigenvalue weighted by Gasteiger charge is 2.34. The summed E-state index contributed by atoms with van der Waals surface area (Å²) in [5, 5.41) is 14.0. The number of nitrogens with zero attached hydrogens (tertiary/aromatic N) is 6. The van der Waals surface area contributed by atoms with Gasteiger partial charge in [0.15, 0.2) is 0 Å². The number of pyridine rings is 2. The van der Waals surface area contributed by atoms with E-state index in [1.54, 1.807) is 38.0 Å². The fourth-order valence-electron chi connectivity index (χ4n) is 7.09. The second kappa shape index (κ2) is 15.1. The maximum absolute atomic E-state index is 10.8. The van der Waals surface area contributed by atoms with E-state index >= 15 is 0 Å². The minimum absolute atomic E-state index is 0.232. The largest absolute Gasteiger partial charge is 0.394 e. The van der Waals surface area contributed by atoms with E-state index in [-0.39, 0.29) is 5.92 Å². The van der Waals surface area contributed by atoms with Crippen molar-refractivity contribution in [1.82, 2.24) is 35.2 Å². The van der Waals surface area contributed by atoms with Crippen molar-refractivity contribution in [3.63, 3.8) is 0 Å². The molecule has 2 aliphatic heterocycles. The molecule has 8 bridgehead atoms. The molecule has 7 rings (SSSR count). The number of fused-ring (bicyclic) bond motifs is 8. The summed E-state index contributed by atoms with van der Waals surface area (Å²) < 4.78 is 0. The first-order chi connectivity index (χ1) is 26.0. The van der Waals surface area contributed by atoms with Gasteiger partial charge in [-0.2, -0.15) is 5.26 Å². The van der Waals surface area contributed by atoms with Crippen molar-refractivity contribution in [2.75, 3.05) is 14.1 Å². The Morgan fingerprint density at radius 3 is 1.87 bits per heavy atom. The summed E-state index contributed by atoms with van der Waals surface area (Å²) in [6.45, 7) is 8.27. The summed E-state index contributed by atoms with van der Waals surface area (Å²) in [7, 11) is 3.62. The Labute approximate surface area is 308 Å². The Hall–Kier alpha value is -6.92. The highest BCUT2D eigenvalue weighted by molar-refractivity contribution is 5.99. The van der Waals surface area contributed by atoms with E-state index in [0.717, 1.165) is 83.7 Å². The molecule has 9 heteroatoms. The Morgan fingerprint density at radius 1 is 0.811 bits per heavy atom. The number of nitriles is 1. The van der Waals surface area contributed by atoms with Crippen LogP contribution in [0.2, 0.25) is 0 Å². The molecule has 0 aliphatic carbocycles. The topological polar surface area (TPSA) is 131 Å². The Balaban J connectivity index is 1.76. The second-order valence-electron chi connectivity index (χ2n) is 12.6. The average molecular weight is 694 g/mol. The molecule has 3 N–H and O–H groups in total. The molecular weight excluding hydrogens is 655 g/mol. The van der Waals surface area contributed by atoms with E-state index in [9.17, 15) is 5.26 Å². The van der Waals surface area contributed by atoms with Crippen LogP contribution in [-0.4, -0.2) is 50.2 Å². The molecule has 5 aromatic heterocycles. The molecule has 0 saturated carbocycles. The molecule has 0 saturated heterocycles. The molecular formula is C44H39N9. The highest BCUT2D eigenvalue weighted by Crippen LogP contribution is 2.45. The monoisotopic (exact) mass is 693 g/mol. The fourth-order valence-corrected chi connectivity index (χ4v) is 7.09. The fraction of sp³-hybridized carbons (Fsp3) is 0.136. The lowest BCUT2D eigenvalue weighted by Crippen LogP contribution is -2.01. The maximum Gasteiger partial charge on any atom is 0.0972 e. The number of rotatable bonds is 8. The van der Waals surface area contributed by atoms with E-state index in [4.69, 9.17) is 9.97 Å². The van der Waals surface area contributed by atoms with Crippen molar-refractivity contribution in [3.8, 4) is 28.3 Å². The van der Waals surface area contributed by atoms with Gasteiger partial charge in [-0.3, -0.25) is 19.9 Å². The van der Waals surface area contributed by atoms with Crippen LogP contribution in [-0.2, 0) is 0 Å². The molecule has 0 aromatic carbocycles. The third-order valence-electron chi connectivity index (χ3n) is 9.60. The number of hydrogen-bond acceptors (Lipinski definition) is 7. The first kappa shape index (κ1) is 34.5. The van der Waals surface area contributed by atoms with Gasteiger partial charge in [0.1, 0.15) is 0 Å². The molecule has 5 aromatic rings. The van der Waals surface area contributed by atoms with Crippen LogP contribution in [0.25, 0.3) is 67.6 Å². The number of H-pyrrole nitrogens is 2. The van der Waals surface area contributed by atoms with Gasteiger partial charge in [-0.05, 0) is 108 Å². The Bertz CT molecular complexity index is 2560. The number of aromatic amines is 2. The number of nitrogens with one attached hydrogen (secondary N) is 3. The number of allylic oxidation sites excluding steroid dienone is 6. The van der Waals surface area contributed by atoms with Crippen LogP contribution in [0.4, 0.5) is 0 Å². The van der Waals surface area contributed by atoms with E-state index < -0.39 is 5.92 Å². The molecule has 0 amide bonds. The van der Waals surface area contributed by atoms with Gasteiger partial charge in [0.25, 0.3) is 0 Å². The molecule has 0 unspecified atom stereocenters. The molecule has 53 heavy (non-hydrogen) atoms. The van der Waals surface area contributed by atoms with E-state index in [0.29, 0.717) is 5.69 Å². The average Bonchev–Trinajstić information content (AvgIpc) is 4.02. The van der Waals surface area contributed by atoms with Crippen molar-refractivity contribution in [3.05, 3.63) is 144 Å². The summed E-state index contributed by atoms with van der Waals surface area (Å²) in [4.78, 5) is 31.0. The third-order valence-corrected chi connectivity index (χ3v) is 9.60. The lowest BCUT2D eigenvalue weighted by Gasteiger charge is -2.13. The molecule has 2 aliphatic rings. The normalized spacial score (nSPS) is 16.0. The van der Waals surface area contributed by atoms with Crippen molar-refractivity contribution in [2.45, 2.75) is 25.7 Å². The zero-order valence-electron chi connectivity index (χ0n) is 30.1. The highest BCUT2D eigenvalue weighted by atomic mass is 14.8. The van der Waals surface area contributed by atoms with Gasteiger partial charge in [-0.25, -0.2) is 4.98 Å². The van der Waals surface area contributed by atoms with E-state index in [1.807, 2.05) is 80.9 Å². The molecule has 0 spiro atoms. The van der Waals surface area contributed by atoms with Crippen LogP contribution >= 0.6 is 0 Å². The second-order valence-corrected chi connectivity index (χ2v) is 12.6. The molecule has 260 valence electrons. The zero-order chi connectivity index (χ0) is 36.9. The van der Waals surface area contributed by atoms with Gasteiger partial charge in [-0.1, -0.05) is 25.7 Å². The van der Waals surface area contributed by atoms with Crippen LogP contribution in [0.15, 0.2) is 115 Å². The van der Waals surface area contributed by atoms with Crippen LogP contribution in [0.1, 0.15) is 59.6 Å². The summed E-state index contributed by atoms with van der Waals surface area (Å²) in [6, 6.07) is 18.8. The van der Waals surface area contributed by atoms with Crippen LogP contribution in [0, 0.1) is 11.3 Å². The smallest absolute Gasteiger partial charge is 0.0972 e. The maximum atomic E-state index is 10.8. The van der Waals surface area contributed by atoms with Gasteiger partial charge in [0.2, 0.25) is 0 Å². The summed E-state index contributed by atoms with van der Waals surface area (Å²) in [6.07, 6.45) is 22.7. The summed E-state index contributed by atoms with van der Waals surface area (Å²) in [5.74, 6) is -0.762. The third kappa shape index (κ3) is 6.43. The number of aliphatic imine (C=N–C) groups is 1. The van der Waals surface area contributed by atoms with E-state index in [1.165, 1.54) is 0 Å². The van der Waals surface area contributed by atoms with Crippen molar-refractivity contribution in [1.29, 1.82) is 5.26 Å². The first-order valence-electron chi connectivity index (χ1n) is 17.4. The van der Waals surface area contributed by atoms with Gasteiger partial charge in [-0.15, -0.1) is 0 Å². The lowest BCUT2D eigenvalue weighted by atomic mass is 9.87. The van der Waals surface area contributed by atoms with Crippen LogP contribution in [0.3, 0.4) is 0 Å². The standard InChI is InChI=1S/C44H39N9/c1-6-28(14-20-46-4)39-33-8-9-34(50-33)40(29(7-2)15-21-47-5)36-11-13-38(52-36)42(31-18-24-49-25-19-31)44-32(26-45)27(3)43(53-44)41(30-16-22-48-23-17-30)37-12-10-35(39)51-37/h6-25,27,32,46,51-52H,2H2,1,3-5H3/b20-14-,28-6+,29-15+,39-33?,39-35?,40-34?,40-36?,41-37?,42-38?,43-41?,44-42?,47-21?/t27-,32+/m1/s1. The predicted molar refractivity (Wildman–Crippen MR) is 218 cm³/mol. The molecule has 7 heterocycles. The quantitative estimate of drug-likeness (QED) is 0.108. The molecule has 0 fully saturated rings. The molecule has 2 atom stereocenters. The predicted octanol–water partition coefficient (Wildman–Crippen LogP) is 9.43. The molecule has 0 radical (unpaired) electrons. The molecule has 9 nitrogen and oxygen atoms in total. The minimum Gasteiger partial charge on any atom is -0.394 e. The Kier molecular flexibility index (Phi) is 9.86. The van der Waals surface area contributed by atoms with Gasteiger partial charge in [0.05, 0.1) is 34.8 Å². The van der Waals surface area contributed by atoms with Crippen LogP contribution < -0.4 is 5.32 Å². The van der Waals surface area contributed by atoms with Gasteiger partial charge < -0.3 is 15.3 Å².